The zero-order valence-electron chi connectivity index (χ0n) is 10.7. The van der Waals surface area contributed by atoms with Crippen molar-refractivity contribution in [1.29, 1.82) is 5.26 Å². The van der Waals surface area contributed by atoms with Gasteiger partial charge in [-0.3, -0.25) is 4.99 Å². The van der Waals surface area contributed by atoms with Crippen LogP contribution in [-0.4, -0.2) is 12.8 Å². The number of halogens is 2. The fraction of sp³-hybridized carbons (Fsp3) is 0.0667. The first-order valence-corrected chi connectivity index (χ1v) is 6.59. The van der Waals surface area contributed by atoms with E-state index in [1.807, 2.05) is 0 Å². The molecule has 3 nitrogen and oxygen atoms in total. The summed E-state index contributed by atoms with van der Waals surface area (Å²) in [7, 11) is 1.52. The Bertz CT molecular complexity index is 773. The average molecular weight is 332 g/mol. The van der Waals surface area contributed by atoms with Crippen LogP contribution >= 0.6 is 15.9 Å². The molecular weight excluding hydrogens is 321 g/mol. The highest BCUT2D eigenvalue weighted by Gasteiger charge is 2.19. The number of hydrogen-bond donors (Lipinski definition) is 1. The molecule has 100 valence electrons. The van der Waals surface area contributed by atoms with Crippen molar-refractivity contribution in [2.24, 2.45) is 10.7 Å². The third-order valence-electron chi connectivity index (χ3n) is 2.95. The molecular formula is C15H11BrFN3. The van der Waals surface area contributed by atoms with E-state index in [0.29, 0.717) is 21.0 Å². The number of hydrogen-bond acceptors (Lipinski definition) is 3. The van der Waals surface area contributed by atoms with Crippen molar-refractivity contribution in [1.82, 2.24) is 0 Å². The highest BCUT2D eigenvalue weighted by atomic mass is 79.9. The van der Waals surface area contributed by atoms with Crippen LogP contribution in [0, 0.1) is 17.1 Å². The molecule has 0 bridgehead atoms. The Balaban J connectivity index is 2.90. The molecule has 0 unspecified atom stereocenters. The lowest BCUT2D eigenvalue weighted by Crippen LogP contribution is -2.09. The quantitative estimate of drug-likeness (QED) is 0.856. The number of fused-ring (bicyclic) bond motifs is 1. The first kappa shape index (κ1) is 14.2. The average Bonchev–Trinajstić information content (AvgIpc) is 2.47. The van der Waals surface area contributed by atoms with E-state index in [9.17, 15) is 9.65 Å². The minimum absolute atomic E-state index is 0.155. The summed E-state index contributed by atoms with van der Waals surface area (Å²) in [5.74, 6) is -0.500. The second-order valence-corrected chi connectivity index (χ2v) is 4.88. The van der Waals surface area contributed by atoms with E-state index in [0.717, 1.165) is 0 Å². The minimum atomic E-state index is -0.500. The van der Waals surface area contributed by atoms with Crippen LogP contribution in [0.15, 0.2) is 46.0 Å². The van der Waals surface area contributed by atoms with E-state index in [1.165, 1.54) is 19.3 Å². The van der Waals surface area contributed by atoms with Crippen LogP contribution in [0.5, 0.6) is 0 Å². The molecule has 2 aromatic carbocycles. The summed E-state index contributed by atoms with van der Waals surface area (Å²) in [4.78, 5) is 4.04. The number of aliphatic imine (C=N–C) groups is 1. The van der Waals surface area contributed by atoms with Crippen LogP contribution < -0.4 is 5.73 Å². The van der Waals surface area contributed by atoms with Crippen LogP contribution in [0.25, 0.3) is 10.8 Å². The molecule has 20 heavy (non-hydrogen) atoms. The molecule has 0 saturated heterocycles. The maximum absolute atomic E-state index is 14.4. The highest BCUT2D eigenvalue weighted by Crippen LogP contribution is 2.28. The van der Waals surface area contributed by atoms with Gasteiger partial charge in [-0.25, -0.2) is 4.39 Å². The van der Waals surface area contributed by atoms with Crippen molar-refractivity contribution in [3.8, 4) is 6.07 Å². The molecule has 0 amide bonds. The van der Waals surface area contributed by atoms with Crippen molar-refractivity contribution < 1.29 is 4.39 Å². The molecule has 2 rings (SSSR count). The van der Waals surface area contributed by atoms with Gasteiger partial charge in [-0.1, -0.05) is 24.3 Å². The van der Waals surface area contributed by atoms with Gasteiger partial charge in [0.1, 0.15) is 11.9 Å². The summed E-state index contributed by atoms with van der Waals surface area (Å²) in [6.07, 6.45) is 1.28. The zero-order chi connectivity index (χ0) is 14.7. The zero-order valence-corrected chi connectivity index (χ0v) is 12.3. The fourth-order valence-corrected chi connectivity index (χ4v) is 2.45. The number of nitriles is 1. The van der Waals surface area contributed by atoms with Crippen molar-refractivity contribution in [3.63, 3.8) is 0 Å². The predicted molar refractivity (Wildman–Crippen MR) is 82.3 cm³/mol. The summed E-state index contributed by atoms with van der Waals surface area (Å²) >= 11 is 3.23. The Labute approximate surface area is 124 Å². The minimum Gasteiger partial charge on any atom is -0.404 e. The largest absolute Gasteiger partial charge is 0.404 e. The predicted octanol–water partition coefficient (Wildman–Crippen LogP) is 3.46. The van der Waals surface area contributed by atoms with Crippen molar-refractivity contribution in [2.75, 3.05) is 7.05 Å². The summed E-state index contributed by atoms with van der Waals surface area (Å²) < 4.78 is 14.8. The Kier molecular flexibility index (Phi) is 4.16. The Hall–Kier alpha value is -2.19. The molecule has 2 N–H and O–H groups in total. The van der Waals surface area contributed by atoms with Gasteiger partial charge in [-0.2, -0.15) is 5.26 Å². The molecule has 0 aliphatic heterocycles. The third-order valence-corrected chi connectivity index (χ3v) is 3.59. The summed E-state index contributed by atoms with van der Waals surface area (Å²) in [6.45, 7) is 0. The molecule has 0 atom stereocenters. The van der Waals surface area contributed by atoms with Crippen LogP contribution in [0.3, 0.4) is 0 Å². The van der Waals surface area contributed by atoms with Crippen LogP contribution in [0.4, 0.5) is 4.39 Å². The van der Waals surface area contributed by atoms with Gasteiger partial charge in [0, 0.05) is 18.6 Å². The molecule has 0 saturated carbocycles. The van der Waals surface area contributed by atoms with Crippen LogP contribution in [0.2, 0.25) is 0 Å². The molecule has 0 fully saturated rings. The van der Waals surface area contributed by atoms with E-state index in [2.05, 4.69) is 27.0 Å². The first-order chi connectivity index (χ1) is 9.63. The molecule has 2 aromatic rings. The van der Waals surface area contributed by atoms with Gasteiger partial charge < -0.3 is 5.73 Å². The second-order valence-electron chi connectivity index (χ2n) is 4.03. The molecule has 0 radical (unpaired) electrons. The number of rotatable bonds is 2. The van der Waals surface area contributed by atoms with Gasteiger partial charge in [0.15, 0.2) is 0 Å². The summed E-state index contributed by atoms with van der Waals surface area (Å²) in [5, 5.41) is 10.8. The van der Waals surface area contributed by atoms with Crippen LogP contribution in [-0.2, 0) is 0 Å². The van der Waals surface area contributed by atoms with Crippen LogP contribution in [0.1, 0.15) is 11.1 Å². The Morgan fingerprint density at radius 2 is 2.15 bits per heavy atom. The van der Waals surface area contributed by atoms with E-state index >= 15 is 0 Å². The van der Waals surface area contributed by atoms with E-state index in [4.69, 9.17) is 5.73 Å². The molecule has 0 aliphatic rings. The third kappa shape index (κ3) is 2.30. The molecule has 0 aromatic heterocycles. The van der Waals surface area contributed by atoms with Gasteiger partial charge in [0.25, 0.3) is 0 Å². The SMILES string of the molecule is CN=C(/C(Br)=C\N)c1c(F)cc2ccccc2c1C#N. The Morgan fingerprint density at radius 1 is 1.45 bits per heavy atom. The number of allylic oxidation sites excluding steroid dienone is 1. The van der Waals surface area contributed by atoms with Gasteiger partial charge >= 0.3 is 0 Å². The van der Waals surface area contributed by atoms with Gasteiger partial charge in [-0.05, 0) is 27.4 Å². The Morgan fingerprint density at radius 3 is 2.75 bits per heavy atom. The first-order valence-electron chi connectivity index (χ1n) is 5.80. The van der Waals surface area contributed by atoms with E-state index in [1.54, 1.807) is 24.3 Å². The molecule has 0 aliphatic carbocycles. The van der Waals surface area contributed by atoms with Crippen molar-refractivity contribution in [2.45, 2.75) is 0 Å². The topological polar surface area (TPSA) is 62.2 Å². The normalized spacial score (nSPS) is 12.5. The smallest absolute Gasteiger partial charge is 0.134 e. The number of benzene rings is 2. The summed E-state index contributed by atoms with van der Waals surface area (Å²) in [5.41, 5.74) is 6.16. The highest BCUT2D eigenvalue weighted by molar-refractivity contribution is 9.12. The van der Waals surface area contributed by atoms with E-state index in [-0.39, 0.29) is 11.1 Å². The van der Waals surface area contributed by atoms with Crippen molar-refractivity contribution in [3.05, 3.63) is 58.0 Å². The maximum Gasteiger partial charge on any atom is 0.134 e. The number of nitrogens with two attached hydrogens (primary N) is 1. The lowest BCUT2D eigenvalue weighted by Gasteiger charge is -2.11. The lowest BCUT2D eigenvalue weighted by molar-refractivity contribution is 0.627. The maximum atomic E-state index is 14.4. The standard InChI is InChI=1S/C15H11BrFN3/c1-20-15(12(16)8-19)14-11(7-18)10-5-3-2-4-9(10)6-13(14)17/h2-6,8H,19H2,1H3/b12-8+,20-15?. The molecule has 0 spiro atoms. The molecule has 5 heteroatoms. The van der Waals surface area contributed by atoms with Gasteiger partial charge in [0.05, 0.1) is 21.3 Å². The van der Waals surface area contributed by atoms with E-state index < -0.39 is 5.82 Å². The number of nitrogens with zero attached hydrogens (tertiary/aromatic N) is 2. The van der Waals surface area contributed by atoms with Crippen molar-refractivity contribution >= 4 is 32.4 Å². The van der Waals surface area contributed by atoms with Gasteiger partial charge in [0.2, 0.25) is 0 Å². The summed E-state index contributed by atoms with van der Waals surface area (Å²) in [6, 6.07) is 10.6. The monoisotopic (exact) mass is 331 g/mol. The lowest BCUT2D eigenvalue weighted by atomic mass is 9.96. The molecule has 0 heterocycles. The fourth-order valence-electron chi connectivity index (χ4n) is 2.08. The second kappa shape index (κ2) is 5.85. The van der Waals surface area contributed by atoms with Gasteiger partial charge in [-0.15, -0.1) is 0 Å².